The van der Waals surface area contributed by atoms with Gasteiger partial charge in [0.1, 0.15) is 0 Å². The number of methoxy groups -OCH3 is 1. The number of hydrogen-bond donors (Lipinski definition) is 1. The molecule has 0 saturated carbocycles. The number of ether oxygens (including phenoxy) is 2. The zero-order chi connectivity index (χ0) is 17.0. The Morgan fingerprint density at radius 2 is 2.12 bits per heavy atom. The van der Waals surface area contributed by atoms with Gasteiger partial charge in [-0.2, -0.15) is 0 Å². The van der Waals surface area contributed by atoms with E-state index in [-0.39, 0.29) is 30.4 Å². The summed E-state index contributed by atoms with van der Waals surface area (Å²) in [5, 5.41) is 3.77. The molecule has 136 valence electrons. The SMILES string of the molecule is CCCOc1c(Cl)cc(C(=O)N2CCNC(C)C2C)cc1OC.Cl. The topological polar surface area (TPSA) is 50.8 Å². The molecule has 1 N–H and O–H groups in total. The lowest BCUT2D eigenvalue weighted by atomic mass is 10.0. The molecular formula is C17H26Cl2N2O3. The van der Waals surface area contributed by atoms with E-state index < -0.39 is 0 Å². The van der Waals surface area contributed by atoms with Gasteiger partial charge in [-0.3, -0.25) is 4.79 Å². The van der Waals surface area contributed by atoms with Gasteiger partial charge in [-0.15, -0.1) is 12.4 Å². The Hall–Kier alpha value is -1.17. The summed E-state index contributed by atoms with van der Waals surface area (Å²) in [6.07, 6.45) is 0.871. The summed E-state index contributed by atoms with van der Waals surface area (Å²) < 4.78 is 11.0. The Bertz CT molecular complexity index is 569. The zero-order valence-corrected chi connectivity index (χ0v) is 16.2. The van der Waals surface area contributed by atoms with Crippen LogP contribution < -0.4 is 14.8 Å². The van der Waals surface area contributed by atoms with E-state index in [9.17, 15) is 4.79 Å². The number of hydrogen-bond acceptors (Lipinski definition) is 4. The molecule has 0 aromatic heterocycles. The summed E-state index contributed by atoms with van der Waals surface area (Å²) in [5.74, 6) is 0.951. The Kier molecular flexibility index (Phi) is 8.13. The predicted molar refractivity (Wildman–Crippen MR) is 99.0 cm³/mol. The molecule has 1 aromatic carbocycles. The molecule has 1 aliphatic rings. The van der Waals surface area contributed by atoms with Gasteiger partial charge < -0.3 is 19.7 Å². The van der Waals surface area contributed by atoms with Crippen molar-refractivity contribution in [2.75, 3.05) is 26.8 Å². The predicted octanol–water partition coefficient (Wildman–Crippen LogP) is 3.38. The quantitative estimate of drug-likeness (QED) is 0.855. The molecule has 7 heteroatoms. The fourth-order valence-corrected chi connectivity index (χ4v) is 2.96. The molecule has 1 amide bonds. The van der Waals surface area contributed by atoms with E-state index in [0.717, 1.165) is 13.0 Å². The first kappa shape index (κ1) is 20.9. The molecule has 2 rings (SSSR count). The zero-order valence-electron chi connectivity index (χ0n) is 14.6. The third-order valence-electron chi connectivity index (χ3n) is 4.22. The second-order valence-corrected chi connectivity index (χ2v) is 6.23. The number of carbonyl (C=O) groups is 1. The first-order chi connectivity index (χ1) is 11.0. The van der Waals surface area contributed by atoms with E-state index in [0.29, 0.717) is 35.2 Å². The van der Waals surface area contributed by atoms with Gasteiger partial charge in [0.05, 0.1) is 18.7 Å². The highest BCUT2D eigenvalue weighted by Gasteiger charge is 2.29. The highest BCUT2D eigenvalue weighted by Crippen LogP contribution is 2.37. The van der Waals surface area contributed by atoms with Crippen LogP contribution in [-0.2, 0) is 0 Å². The lowest BCUT2D eigenvalue weighted by molar-refractivity contribution is 0.0602. The standard InChI is InChI=1S/C17H25ClN2O3.ClH/c1-5-8-23-16-14(18)9-13(10-15(16)22-4)17(21)20-7-6-19-11(2)12(20)3;/h9-12,19H,5-8H2,1-4H3;1H. The third kappa shape index (κ3) is 4.47. The maximum Gasteiger partial charge on any atom is 0.254 e. The molecule has 1 saturated heterocycles. The fraction of sp³-hybridized carbons (Fsp3) is 0.588. The second-order valence-electron chi connectivity index (χ2n) is 5.82. The van der Waals surface area contributed by atoms with Crippen molar-refractivity contribution in [1.29, 1.82) is 0 Å². The van der Waals surface area contributed by atoms with E-state index in [1.165, 1.54) is 0 Å². The number of nitrogens with zero attached hydrogens (tertiary/aromatic N) is 1. The number of halogens is 2. The Morgan fingerprint density at radius 1 is 1.42 bits per heavy atom. The largest absolute Gasteiger partial charge is 0.493 e. The minimum Gasteiger partial charge on any atom is -0.493 e. The molecule has 2 atom stereocenters. The minimum absolute atomic E-state index is 0. The highest BCUT2D eigenvalue weighted by molar-refractivity contribution is 6.32. The van der Waals surface area contributed by atoms with E-state index in [2.05, 4.69) is 12.2 Å². The molecule has 0 aliphatic carbocycles. The summed E-state index contributed by atoms with van der Waals surface area (Å²) in [6, 6.07) is 3.75. The second kappa shape index (κ2) is 9.35. The average molecular weight is 377 g/mol. The van der Waals surface area contributed by atoms with Crippen LogP contribution in [0.5, 0.6) is 11.5 Å². The summed E-state index contributed by atoms with van der Waals surface area (Å²) >= 11 is 6.31. The van der Waals surface area contributed by atoms with Crippen LogP contribution in [-0.4, -0.2) is 49.7 Å². The first-order valence-electron chi connectivity index (χ1n) is 8.04. The number of carbonyl (C=O) groups excluding carboxylic acids is 1. The van der Waals surface area contributed by atoms with Crippen molar-refractivity contribution in [3.63, 3.8) is 0 Å². The van der Waals surface area contributed by atoms with E-state index in [1.54, 1.807) is 19.2 Å². The Labute approximate surface area is 155 Å². The fourth-order valence-electron chi connectivity index (χ4n) is 2.70. The van der Waals surface area contributed by atoms with Crippen LogP contribution >= 0.6 is 24.0 Å². The molecule has 1 fully saturated rings. The Balaban J connectivity index is 0.00000288. The molecule has 5 nitrogen and oxygen atoms in total. The van der Waals surface area contributed by atoms with Crippen molar-refractivity contribution < 1.29 is 14.3 Å². The maximum absolute atomic E-state index is 12.8. The van der Waals surface area contributed by atoms with E-state index in [4.69, 9.17) is 21.1 Å². The van der Waals surface area contributed by atoms with Crippen LogP contribution in [0.1, 0.15) is 37.6 Å². The summed E-state index contributed by atoms with van der Waals surface area (Å²) in [4.78, 5) is 14.7. The van der Waals surface area contributed by atoms with E-state index >= 15 is 0 Å². The molecule has 1 heterocycles. The van der Waals surface area contributed by atoms with Crippen LogP contribution in [0, 0.1) is 0 Å². The van der Waals surface area contributed by atoms with Crippen LogP contribution in [0.3, 0.4) is 0 Å². The number of rotatable bonds is 5. The summed E-state index contributed by atoms with van der Waals surface area (Å²) in [6.45, 7) is 8.17. The Morgan fingerprint density at radius 3 is 2.75 bits per heavy atom. The number of benzene rings is 1. The van der Waals surface area contributed by atoms with Crippen molar-refractivity contribution in [2.24, 2.45) is 0 Å². The monoisotopic (exact) mass is 376 g/mol. The van der Waals surface area contributed by atoms with Crippen molar-refractivity contribution in [1.82, 2.24) is 10.2 Å². The number of amides is 1. The lowest BCUT2D eigenvalue weighted by Gasteiger charge is -2.38. The molecule has 2 unspecified atom stereocenters. The minimum atomic E-state index is -0.0342. The summed E-state index contributed by atoms with van der Waals surface area (Å²) in [5.41, 5.74) is 0.525. The van der Waals surface area contributed by atoms with Gasteiger partial charge >= 0.3 is 0 Å². The lowest BCUT2D eigenvalue weighted by Crippen LogP contribution is -2.57. The highest BCUT2D eigenvalue weighted by atomic mass is 35.5. The van der Waals surface area contributed by atoms with Crippen molar-refractivity contribution >= 4 is 29.9 Å². The maximum atomic E-state index is 12.8. The smallest absolute Gasteiger partial charge is 0.254 e. The number of nitrogens with one attached hydrogen (secondary N) is 1. The van der Waals surface area contributed by atoms with Gasteiger partial charge in [-0.1, -0.05) is 18.5 Å². The average Bonchev–Trinajstić information content (AvgIpc) is 2.55. The molecular weight excluding hydrogens is 351 g/mol. The van der Waals surface area contributed by atoms with Gasteiger partial charge in [-0.25, -0.2) is 0 Å². The van der Waals surface area contributed by atoms with E-state index in [1.807, 2.05) is 18.7 Å². The number of piperazine rings is 1. The van der Waals surface area contributed by atoms with Crippen LogP contribution in [0.25, 0.3) is 0 Å². The van der Waals surface area contributed by atoms with Gasteiger partial charge in [-0.05, 0) is 32.4 Å². The van der Waals surface area contributed by atoms with Crippen molar-refractivity contribution in [3.8, 4) is 11.5 Å². The van der Waals surface area contributed by atoms with Crippen LogP contribution in [0.15, 0.2) is 12.1 Å². The molecule has 0 spiro atoms. The normalized spacial score (nSPS) is 20.3. The van der Waals surface area contributed by atoms with Crippen molar-refractivity contribution in [3.05, 3.63) is 22.7 Å². The molecule has 1 aliphatic heterocycles. The summed E-state index contributed by atoms with van der Waals surface area (Å²) in [7, 11) is 1.55. The van der Waals surface area contributed by atoms with Gasteiger partial charge in [0.15, 0.2) is 11.5 Å². The van der Waals surface area contributed by atoms with Gasteiger partial charge in [0.2, 0.25) is 0 Å². The van der Waals surface area contributed by atoms with Gasteiger partial charge in [0.25, 0.3) is 5.91 Å². The molecule has 24 heavy (non-hydrogen) atoms. The molecule has 1 aromatic rings. The molecule has 0 bridgehead atoms. The van der Waals surface area contributed by atoms with Crippen LogP contribution in [0.2, 0.25) is 5.02 Å². The first-order valence-corrected chi connectivity index (χ1v) is 8.42. The molecule has 0 radical (unpaired) electrons. The third-order valence-corrected chi connectivity index (χ3v) is 4.50. The van der Waals surface area contributed by atoms with Crippen LogP contribution in [0.4, 0.5) is 0 Å². The van der Waals surface area contributed by atoms with Gasteiger partial charge in [0, 0.05) is 30.7 Å². The van der Waals surface area contributed by atoms with Crippen molar-refractivity contribution in [2.45, 2.75) is 39.3 Å².